The predicted molar refractivity (Wildman–Crippen MR) is 43.9 cm³/mol. The summed E-state index contributed by atoms with van der Waals surface area (Å²) in [6.45, 7) is 2.30. The minimum absolute atomic E-state index is 0.998. The van der Waals surface area contributed by atoms with Crippen LogP contribution in [-0.4, -0.2) is 32.2 Å². The largest absolute Gasteiger partial charge is 0.307 e. The standard InChI is InChI=1S/C8H18N2/c1-9-7-10(2)6-8-4-3-5-8/h8-9H,3-7H2,1-2H3. The van der Waals surface area contributed by atoms with Crippen LogP contribution in [0.3, 0.4) is 0 Å². The van der Waals surface area contributed by atoms with Gasteiger partial charge in [-0.2, -0.15) is 0 Å². The van der Waals surface area contributed by atoms with Gasteiger partial charge >= 0.3 is 0 Å². The van der Waals surface area contributed by atoms with E-state index < -0.39 is 0 Å². The van der Waals surface area contributed by atoms with Crippen LogP contribution in [-0.2, 0) is 0 Å². The Bertz CT molecular complexity index is 89.3. The van der Waals surface area contributed by atoms with Gasteiger partial charge in [0, 0.05) is 13.2 Å². The van der Waals surface area contributed by atoms with Crippen molar-refractivity contribution in [3.05, 3.63) is 0 Å². The molecule has 0 spiro atoms. The monoisotopic (exact) mass is 142 g/mol. The van der Waals surface area contributed by atoms with Crippen LogP contribution in [0.5, 0.6) is 0 Å². The molecule has 1 fully saturated rings. The van der Waals surface area contributed by atoms with Crippen molar-refractivity contribution in [2.45, 2.75) is 19.3 Å². The molecule has 0 saturated heterocycles. The van der Waals surface area contributed by atoms with Gasteiger partial charge in [0.15, 0.2) is 0 Å². The third-order valence-electron chi connectivity index (χ3n) is 2.22. The van der Waals surface area contributed by atoms with Crippen molar-refractivity contribution in [1.29, 1.82) is 0 Å². The predicted octanol–water partition coefficient (Wildman–Crippen LogP) is 0.895. The molecular formula is C8H18N2. The SMILES string of the molecule is CNCN(C)CC1CCC1. The molecule has 0 aromatic heterocycles. The van der Waals surface area contributed by atoms with Gasteiger partial charge in [0.2, 0.25) is 0 Å². The van der Waals surface area contributed by atoms with Crippen molar-refractivity contribution in [3.8, 4) is 0 Å². The van der Waals surface area contributed by atoms with E-state index in [1.165, 1.54) is 25.8 Å². The molecule has 1 aliphatic rings. The highest BCUT2D eigenvalue weighted by Crippen LogP contribution is 2.26. The van der Waals surface area contributed by atoms with Gasteiger partial charge in [0.25, 0.3) is 0 Å². The van der Waals surface area contributed by atoms with Gasteiger partial charge in [-0.25, -0.2) is 0 Å². The van der Waals surface area contributed by atoms with E-state index in [4.69, 9.17) is 0 Å². The molecule has 2 nitrogen and oxygen atoms in total. The van der Waals surface area contributed by atoms with Crippen LogP contribution in [0.1, 0.15) is 19.3 Å². The first kappa shape index (κ1) is 8.02. The third kappa shape index (κ3) is 2.27. The molecule has 0 heterocycles. The van der Waals surface area contributed by atoms with Crippen LogP contribution in [0.25, 0.3) is 0 Å². The molecule has 1 rings (SSSR count). The van der Waals surface area contributed by atoms with E-state index in [-0.39, 0.29) is 0 Å². The van der Waals surface area contributed by atoms with Crippen molar-refractivity contribution < 1.29 is 0 Å². The molecule has 1 aliphatic carbocycles. The Labute approximate surface area is 63.6 Å². The molecule has 0 aromatic rings. The Morgan fingerprint density at radius 2 is 2.20 bits per heavy atom. The highest BCUT2D eigenvalue weighted by atomic mass is 15.2. The lowest BCUT2D eigenvalue weighted by molar-refractivity contribution is 0.199. The van der Waals surface area contributed by atoms with Crippen LogP contribution in [0.4, 0.5) is 0 Å². The molecule has 0 atom stereocenters. The minimum atomic E-state index is 0.998. The Morgan fingerprint density at radius 3 is 2.60 bits per heavy atom. The second kappa shape index (κ2) is 3.94. The van der Waals surface area contributed by atoms with Crippen molar-refractivity contribution in [1.82, 2.24) is 10.2 Å². The lowest BCUT2D eigenvalue weighted by Gasteiger charge is -2.29. The van der Waals surface area contributed by atoms with Gasteiger partial charge in [-0.05, 0) is 32.9 Å². The average Bonchev–Trinajstić information content (AvgIpc) is 1.80. The third-order valence-corrected chi connectivity index (χ3v) is 2.22. The maximum Gasteiger partial charge on any atom is 0.0475 e. The highest BCUT2D eigenvalue weighted by molar-refractivity contribution is 4.71. The summed E-state index contributed by atoms with van der Waals surface area (Å²) in [5.41, 5.74) is 0. The summed E-state index contributed by atoms with van der Waals surface area (Å²) >= 11 is 0. The van der Waals surface area contributed by atoms with Crippen molar-refractivity contribution in [3.63, 3.8) is 0 Å². The second-order valence-corrected chi connectivity index (χ2v) is 3.35. The zero-order valence-corrected chi connectivity index (χ0v) is 7.06. The highest BCUT2D eigenvalue weighted by Gasteiger charge is 2.18. The van der Waals surface area contributed by atoms with Crippen LogP contribution < -0.4 is 5.32 Å². The molecule has 10 heavy (non-hydrogen) atoms. The summed E-state index contributed by atoms with van der Waals surface area (Å²) in [6.07, 6.45) is 4.36. The van der Waals surface area contributed by atoms with Gasteiger partial charge in [-0.3, -0.25) is 4.90 Å². The van der Waals surface area contributed by atoms with Gasteiger partial charge in [0.05, 0.1) is 0 Å². The fourth-order valence-electron chi connectivity index (χ4n) is 1.45. The van der Waals surface area contributed by atoms with E-state index in [1.807, 2.05) is 7.05 Å². The van der Waals surface area contributed by atoms with Crippen molar-refractivity contribution in [2.24, 2.45) is 5.92 Å². The maximum atomic E-state index is 3.15. The van der Waals surface area contributed by atoms with Crippen molar-refractivity contribution in [2.75, 3.05) is 27.3 Å². The molecule has 0 unspecified atom stereocenters. The number of rotatable bonds is 4. The molecule has 0 amide bonds. The normalized spacial score (nSPS) is 19.5. The summed E-state index contributed by atoms with van der Waals surface area (Å²) in [5.74, 6) is 0.998. The number of hydrogen-bond donors (Lipinski definition) is 1. The maximum absolute atomic E-state index is 3.15. The van der Waals surface area contributed by atoms with Gasteiger partial charge < -0.3 is 5.32 Å². The van der Waals surface area contributed by atoms with E-state index >= 15 is 0 Å². The number of nitrogens with one attached hydrogen (secondary N) is 1. The molecule has 1 N–H and O–H groups in total. The molecule has 0 bridgehead atoms. The zero-order chi connectivity index (χ0) is 7.40. The Morgan fingerprint density at radius 1 is 1.50 bits per heavy atom. The Kier molecular flexibility index (Phi) is 3.16. The second-order valence-electron chi connectivity index (χ2n) is 3.35. The van der Waals surface area contributed by atoms with Crippen LogP contribution in [0.2, 0.25) is 0 Å². The van der Waals surface area contributed by atoms with Crippen LogP contribution in [0.15, 0.2) is 0 Å². The molecule has 0 aromatic carbocycles. The van der Waals surface area contributed by atoms with Crippen LogP contribution >= 0.6 is 0 Å². The van der Waals surface area contributed by atoms with Gasteiger partial charge in [-0.15, -0.1) is 0 Å². The molecule has 2 heteroatoms. The molecule has 1 saturated carbocycles. The molecule has 0 aliphatic heterocycles. The summed E-state index contributed by atoms with van der Waals surface area (Å²) in [5, 5.41) is 3.15. The first-order valence-electron chi connectivity index (χ1n) is 4.16. The quantitative estimate of drug-likeness (QED) is 0.587. The summed E-state index contributed by atoms with van der Waals surface area (Å²) in [7, 11) is 4.17. The fraction of sp³-hybridized carbons (Fsp3) is 1.00. The van der Waals surface area contributed by atoms with Gasteiger partial charge in [0.1, 0.15) is 0 Å². The number of hydrogen-bond acceptors (Lipinski definition) is 2. The molecule has 60 valence electrons. The first-order chi connectivity index (χ1) is 4.83. The van der Waals surface area contributed by atoms with Crippen LogP contribution in [0, 0.1) is 5.92 Å². The van der Waals surface area contributed by atoms with E-state index in [9.17, 15) is 0 Å². The first-order valence-corrected chi connectivity index (χ1v) is 4.16. The van der Waals surface area contributed by atoms with E-state index in [0.29, 0.717) is 0 Å². The Balaban J connectivity index is 1.99. The molecular weight excluding hydrogens is 124 g/mol. The fourth-order valence-corrected chi connectivity index (χ4v) is 1.45. The van der Waals surface area contributed by atoms with E-state index in [1.54, 1.807) is 0 Å². The molecule has 0 radical (unpaired) electrons. The minimum Gasteiger partial charge on any atom is -0.307 e. The smallest absolute Gasteiger partial charge is 0.0475 e. The Hall–Kier alpha value is -0.0800. The summed E-state index contributed by atoms with van der Waals surface area (Å²) < 4.78 is 0. The zero-order valence-electron chi connectivity index (χ0n) is 7.06. The summed E-state index contributed by atoms with van der Waals surface area (Å²) in [6, 6.07) is 0. The van der Waals surface area contributed by atoms with Gasteiger partial charge in [-0.1, -0.05) is 6.42 Å². The lowest BCUT2D eigenvalue weighted by Crippen LogP contribution is -2.34. The lowest BCUT2D eigenvalue weighted by atomic mass is 9.85. The number of nitrogens with zero attached hydrogens (tertiary/aromatic N) is 1. The average molecular weight is 142 g/mol. The summed E-state index contributed by atoms with van der Waals surface area (Å²) in [4.78, 5) is 2.35. The van der Waals surface area contributed by atoms with E-state index in [2.05, 4.69) is 17.3 Å². The topological polar surface area (TPSA) is 15.3 Å². The van der Waals surface area contributed by atoms with Crippen molar-refractivity contribution >= 4 is 0 Å². The van der Waals surface area contributed by atoms with E-state index in [0.717, 1.165) is 12.6 Å².